The van der Waals surface area contributed by atoms with E-state index in [-0.39, 0.29) is 36.2 Å². The third-order valence-corrected chi connectivity index (χ3v) is 4.18. The summed E-state index contributed by atoms with van der Waals surface area (Å²) in [5.41, 5.74) is 0.721. The molecule has 0 saturated heterocycles. The smallest absolute Gasteiger partial charge is 0.338 e. The third-order valence-electron chi connectivity index (χ3n) is 4.18. The summed E-state index contributed by atoms with van der Waals surface area (Å²) in [4.78, 5) is 47.7. The SMILES string of the molecule is O=C(OCCCCN1C(=O)c2ccccc2C1=O)c1cccc([N+](=O)[O-])c1. The standard InChI is InChI=1S/C19H16N2O6/c22-17-15-8-1-2-9-16(15)18(23)20(17)10-3-4-11-27-19(24)13-6-5-7-14(12-13)21(25)26/h1-2,5-9,12H,3-4,10-11H2. The molecule has 1 aliphatic rings. The molecule has 0 bridgehead atoms. The average molecular weight is 368 g/mol. The van der Waals surface area contributed by atoms with Crippen LogP contribution in [0, 0.1) is 10.1 Å². The fourth-order valence-electron chi connectivity index (χ4n) is 2.81. The molecule has 0 spiro atoms. The average Bonchev–Trinajstić information content (AvgIpc) is 2.92. The molecule has 0 unspecified atom stereocenters. The number of amides is 2. The first-order valence-electron chi connectivity index (χ1n) is 8.36. The van der Waals surface area contributed by atoms with Gasteiger partial charge in [0.05, 0.1) is 28.2 Å². The number of nitro benzene ring substituents is 1. The minimum Gasteiger partial charge on any atom is -0.462 e. The number of hydrogen-bond acceptors (Lipinski definition) is 6. The number of carbonyl (C=O) groups is 3. The van der Waals surface area contributed by atoms with E-state index in [1.54, 1.807) is 24.3 Å². The number of nitro groups is 1. The number of esters is 1. The summed E-state index contributed by atoms with van der Waals surface area (Å²) in [6.45, 7) is 0.325. The monoisotopic (exact) mass is 368 g/mol. The maximum atomic E-state index is 12.2. The number of fused-ring (bicyclic) bond motifs is 1. The van der Waals surface area contributed by atoms with Crippen molar-refractivity contribution in [3.63, 3.8) is 0 Å². The Morgan fingerprint density at radius 1 is 1.00 bits per heavy atom. The first kappa shape index (κ1) is 18.2. The summed E-state index contributed by atoms with van der Waals surface area (Å²) in [6, 6.07) is 12.0. The quantitative estimate of drug-likeness (QED) is 0.244. The van der Waals surface area contributed by atoms with Crippen molar-refractivity contribution in [2.45, 2.75) is 12.8 Å². The van der Waals surface area contributed by atoms with E-state index in [4.69, 9.17) is 4.74 Å². The number of imide groups is 1. The van der Waals surface area contributed by atoms with Gasteiger partial charge in [-0.3, -0.25) is 24.6 Å². The molecule has 2 aromatic rings. The van der Waals surface area contributed by atoms with E-state index < -0.39 is 10.9 Å². The van der Waals surface area contributed by atoms with Crippen LogP contribution in [0.3, 0.4) is 0 Å². The van der Waals surface area contributed by atoms with E-state index >= 15 is 0 Å². The summed E-state index contributed by atoms with van der Waals surface area (Å²) in [5, 5.41) is 10.7. The Morgan fingerprint density at radius 2 is 1.67 bits per heavy atom. The van der Waals surface area contributed by atoms with Crippen molar-refractivity contribution in [3.05, 3.63) is 75.3 Å². The Labute approximate surface area is 154 Å². The number of benzene rings is 2. The van der Waals surface area contributed by atoms with Crippen molar-refractivity contribution in [3.8, 4) is 0 Å². The van der Waals surface area contributed by atoms with Crippen molar-refractivity contribution in [1.82, 2.24) is 4.90 Å². The van der Waals surface area contributed by atoms with Crippen molar-refractivity contribution in [2.75, 3.05) is 13.2 Å². The predicted octanol–water partition coefficient (Wildman–Crippen LogP) is 2.83. The molecule has 0 aliphatic carbocycles. The number of hydrogen-bond donors (Lipinski definition) is 0. The molecule has 0 atom stereocenters. The van der Waals surface area contributed by atoms with Crippen LogP contribution in [0.25, 0.3) is 0 Å². The second-order valence-electron chi connectivity index (χ2n) is 5.96. The third kappa shape index (κ3) is 3.84. The largest absolute Gasteiger partial charge is 0.462 e. The van der Waals surface area contributed by atoms with Gasteiger partial charge in [0.25, 0.3) is 17.5 Å². The molecule has 3 rings (SSSR count). The summed E-state index contributed by atoms with van der Waals surface area (Å²) < 4.78 is 5.09. The van der Waals surface area contributed by atoms with Crippen LogP contribution in [0.2, 0.25) is 0 Å². The lowest BCUT2D eigenvalue weighted by atomic mass is 10.1. The molecule has 0 fully saturated rings. The van der Waals surface area contributed by atoms with Crippen molar-refractivity contribution in [2.24, 2.45) is 0 Å². The molecule has 138 valence electrons. The second kappa shape index (κ2) is 7.77. The zero-order valence-corrected chi connectivity index (χ0v) is 14.3. The van der Waals surface area contributed by atoms with Gasteiger partial charge in [0.15, 0.2) is 0 Å². The molecule has 1 heterocycles. The number of unbranched alkanes of at least 4 members (excludes halogenated alkanes) is 1. The fraction of sp³-hybridized carbons (Fsp3) is 0.211. The Hall–Kier alpha value is -3.55. The van der Waals surface area contributed by atoms with Crippen LogP contribution < -0.4 is 0 Å². The van der Waals surface area contributed by atoms with Gasteiger partial charge in [0.2, 0.25) is 0 Å². The summed E-state index contributed by atoms with van der Waals surface area (Å²) in [6.07, 6.45) is 0.932. The van der Waals surface area contributed by atoms with Gasteiger partial charge >= 0.3 is 5.97 Å². The lowest BCUT2D eigenvalue weighted by Crippen LogP contribution is -2.30. The highest BCUT2D eigenvalue weighted by Crippen LogP contribution is 2.22. The van der Waals surface area contributed by atoms with Crippen LogP contribution in [-0.4, -0.2) is 40.8 Å². The number of rotatable bonds is 7. The van der Waals surface area contributed by atoms with Gasteiger partial charge in [-0.25, -0.2) is 4.79 Å². The molecule has 0 aromatic heterocycles. The van der Waals surface area contributed by atoms with Gasteiger partial charge in [0.1, 0.15) is 0 Å². The fourth-order valence-corrected chi connectivity index (χ4v) is 2.81. The molecule has 0 N–H and O–H groups in total. The molecule has 2 amide bonds. The zero-order chi connectivity index (χ0) is 19.4. The first-order chi connectivity index (χ1) is 13.0. The number of carbonyl (C=O) groups excluding carboxylic acids is 3. The topological polar surface area (TPSA) is 107 Å². The van der Waals surface area contributed by atoms with Gasteiger partial charge in [-0.15, -0.1) is 0 Å². The minimum absolute atomic E-state index is 0.0880. The maximum absolute atomic E-state index is 12.2. The molecule has 8 heteroatoms. The van der Waals surface area contributed by atoms with Gasteiger partial charge in [-0.05, 0) is 31.0 Å². The summed E-state index contributed by atoms with van der Waals surface area (Å²) in [5.74, 6) is -1.28. The highest BCUT2D eigenvalue weighted by Gasteiger charge is 2.34. The van der Waals surface area contributed by atoms with Crippen LogP contribution in [-0.2, 0) is 4.74 Å². The minimum atomic E-state index is -0.653. The Kier molecular flexibility index (Phi) is 5.25. The van der Waals surface area contributed by atoms with E-state index in [0.717, 1.165) is 6.07 Å². The number of nitrogens with zero attached hydrogens (tertiary/aromatic N) is 2. The normalized spacial score (nSPS) is 12.8. The van der Waals surface area contributed by atoms with E-state index in [0.29, 0.717) is 24.0 Å². The number of ether oxygens (including phenoxy) is 1. The van der Waals surface area contributed by atoms with Gasteiger partial charge in [-0.1, -0.05) is 18.2 Å². The second-order valence-corrected chi connectivity index (χ2v) is 5.96. The molecular weight excluding hydrogens is 352 g/mol. The molecule has 0 radical (unpaired) electrons. The summed E-state index contributed by atoms with van der Waals surface area (Å²) >= 11 is 0. The Morgan fingerprint density at radius 3 is 2.30 bits per heavy atom. The van der Waals surface area contributed by atoms with Crippen LogP contribution in [0.1, 0.15) is 43.9 Å². The van der Waals surface area contributed by atoms with E-state index in [2.05, 4.69) is 0 Å². The number of non-ortho nitro benzene ring substituents is 1. The Balaban J connectivity index is 1.46. The first-order valence-corrected chi connectivity index (χ1v) is 8.36. The van der Waals surface area contributed by atoms with Crippen LogP contribution in [0.5, 0.6) is 0 Å². The van der Waals surface area contributed by atoms with Gasteiger partial charge in [-0.2, -0.15) is 0 Å². The van der Waals surface area contributed by atoms with E-state index in [1.807, 2.05) is 0 Å². The molecule has 1 aliphatic heterocycles. The Bertz CT molecular complexity index is 889. The molecule has 2 aromatic carbocycles. The molecule has 8 nitrogen and oxygen atoms in total. The van der Waals surface area contributed by atoms with Crippen LogP contribution in [0.4, 0.5) is 5.69 Å². The van der Waals surface area contributed by atoms with E-state index in [9.17, 15) is 24.5 Å². The summed E-state index contributed by atoms with van der Waals surface area (Å²) in [7, 11) is 0. The van der Waals surface area contributed by atoms with E-state index in [1.165, 1.54) is 23.1 Å². The van der Waals surface area contributed by atoms with Crippen LogP contribution in [0.15, 0.2) is 48.5 Å². The maximum Gasteiger partial charge on any atom is 0.338 e. The predicted molar refractivity (Wildman–Crippen MR) is 94.4 cm³/mol. The highest BCUT2D eigenvalue weighted by atomic mass is 16.6. The van der Waals surface area contributed by atoms with Crippen LogP contribution >= 0.6 is 0 Å². The zero-order valence-electron chi connectivity index (χ0n) is 14.3. The van der Waals surface area contributed by atoms with Gasteiger partial charge in [0, 0.05) is 18.7 Å². The lowest BCUT2D eigenvalue weighted by Gasteiger charge is -2.13. The van der Waals surface area contributed by atoms with Crippen molar-refractivity contribution < 1.29 is 24.0 Å². The molecule has 0 saturated carbocycles. The van der Waals surface area contributed by atoms with Gasteiger partial charge < -0.3 is 4.74 Å². The highest BCUT2D eigenvalue weighted by molar-refractivity contribution is 6.21. The van der Waals surface area contributed by atoms with Crippen molar-refractivity contribution in [1.29, 1.82) is 0 Å². The molecule has 27 heavy (non-hydrogen) atoms. The molecular formula is C19H16N2O6. The lowest BCUT2D eigenvalue weighted by molar-refractivity contribution is -0.384. The van der Waals surface area contributed by atoms with Crippen molar-refractivity contribution >= 4 is 23.5 Å².